The summed E-state index contributed by atoms with van der Waals surface area (Å²) >= 11 is 0. The lowest BCUT2D eigenvalue weighted by molar-refractivity contribution is 0.00578. The van der Waals surface area contributed by atoms with Gasteiger partial charge in [0.25, 0.3) is 0 Å². The van der Waals surface area contributed by atoms with Crippen molar-refractivity contribution in [2.45, 2.75) is 38.9 Å². The molecule has 0 atom stereocenters. The van der Waals surface area contributed by atoms with Crippen molar-refractivity contribution in [2.24, 2.45) is 0 Å². The molecule has 2 heterocycles. The molecule has 0 saturated carbocycles. The molecule has 7 heteroatoms. The van der Waals surface area contributed by atoms with E-state index in [9.17, 15) is 0 Å². The number of para-hydroxylation sites is 2. The third-order valence-electron chi connectivity index (χ3n) is 5.68. The average Bonchev–Trinajstić information content (AvgIpc) is 3.18. The zero-order valence-electron chi connectivity index (χ0n) is 17.1. The summed E-state index contributed by atoms with van der Waals surface area (Å²) < 4.78 is 23.8. The van der Waals surface area contributed by atoms with Gasteiger partial charge in [-0.2, -0.15) is 0 Å². The van der Waals surface area contributed by atoms with Crippen LogP contribution in [0.5, 0.6) is 11.5 Å². The monoisotopic (exact) mass is 380 g/mol. The molecule has 0 aliphatic carbocycles. The average molecular weight is 380 g/mol. The molecule has 0 amide bonds. The Morgan fingerprint density at radius 1 is 0.929 bits per heavy atom. The molecule has 1 fully saturated rings. The van der Waals surface area contributed by atoms with E-state index in [2.05, 4.69) is 4.98 Å². The molecule has 146 valence electrons. The summed E-state index contributed by atoms with van der Waals surface area (Å²) in [5.41, 5.74) is 2.60. The number of nitrogens with one attached hydrogen (secondary N) is 1. The van der Waals surface area contributed by atoms with Crippen LogP contribution >= 0.6 is 0 Å². The van der Waals surface area contributed by atoms with Gasteiger partial charge in [-0.05, 0) is 57.4 Å². The maximum atomic E-state index is 6.19. The van der Waals surface area contributed by atoms with E-state index >= 15 is 0 Å². The molecule has 1 aliphatic heterocycles. The van der Waals surface area contributed by atoms with Crippen molar-refractivity contribution in [1.29, 1.82) is 0 Å². The Balaban J connectivity index is 1.81. The van der Waals surface area contributed by atoms with Crippen molar-refractivity contribution in [3.8, 4) is 22.9 Å². The molecule has 4 rings (SSSR count). The first-order valence-electron chi connectivity index (χ1n) is 9.32. The number of H-pyrrole nitrogens is 1. The lowest BCUT2D eigenvalue weighted by Gasteiger charge is -2.32. The van der Waals surface area contributed by atoms with Crippen molar-refractivity contribution in [3.63, 3.8) is 0 Å². The highest BCUT2D eigenvalue weighted by Gasteiger charge is 2.52. The number of hydrogen-bond donors (Lipinski definition) is 1. The van der Waals surface area contributed by atoms with Crippen molar-refractivity contribution < 1.29 is 18.8 Å². The smallest absolute Gasteiger partial charge is 0.495 e. The first-order chi connectivity index (χ1) is 13.3. The number of methoxy groups -OCH3 is 2. The van der Waals surface area contributed by atoms with Crippen LogP contribution in [0.15, 0.2) is 36.4 Å². The maximum absolute atomic E-state index is 6.19. The fraction of sp³-hybridized carbons (Fsp3) is 0.381. The van der Waals surface area contributed by atoms with Gasteiger partial charge in [-0.25, -0.2) is 4.98 Å². The lowest BCUT2D eigenvalue weighted by atomic mass is 9.78. The van der Waals surface area contributed by atoms with E-state index in [1.54, 1.807) is 14.2 Å². The Bertz CT molecular complexity index is 954. The molecule has 0 unspecified atom stereocenters. The zero-order valence-corrected chi connectivity index (χ0v) is 17.1. The molecular formula is C21H25BN2O4. The largest absolute Gasteiger partial charge is 0.496 e. The van der Waals surface area contributed by atoms with Gasteiger partial charge in [-0.15, -0.1) is 0 Å². The minimum absolute atomic E-state index is 0.421. The molecule has 0 spiro atoms. The zero-order chi connectivity index (χ0) is 20.1. The number of hydrogen-bond acceptors (Lipinski definition) is 5. The number of aromatic amines is 1. The van der Waals surface area contributed by atoms with E-state index < -0.39 is 18.3 Å². The Kier molecular flexibility index (Phi) is 4.40. The predicted octanol–water partition coefficient (Wildman–Crippen LogP) is 3.55. The third-order valence-corrected chi connectivity index (χ3v) is 5.68. The van der Waals surface area contributed by atoms with Gasteiger partial charge in [0.2, 0.25) is 0 Å². The fourth-order valence-corrected chi connectivity index (χ4v) is 3.35. The third kappa shape index (κ3) is 2.95. The van der Waals surface area contributed by atoms with Gasteiger partial charge in [-0.3, -0.25) is 0 Å². The topological polar surface area (TPSA) is 65.6 Å². The van der Waals surface area contributed by atoms with Crippen molar-refractivity contribution in [1.82, 2.24) is 9.97 Å². The van der Waals surface area contributed by atoms with E-state index in [1.807, 2.05) is 64.1 Å². The van der Waals surface area contributed by atoms with Crippen molar-refractivity contribution in [3.05, 3.63) is 36.4 Å². The molecular weight excluding hydrogens is 355 g/mol. The van der Waals surface area contributed by atoms with Gasteiger partial charge in [0.05, 0.1) is 36.5 Å². The predicted molar refractivity (Wildman–Crippen MR) is 110 cm³/mol. The van der Waals surface area contributed by atoms with Crippen LogP contribution in [0, 0.1) is 0 Å². The number of aromatic nitrogens is 2. The van der Waals surface area contributed by atoms with Crippen LogP contribution in [0.4, 0.5) is 0 Å². The lowest BCUT2D eigenvalue weighted by Crippen LogP contribution is -2.41. The van der Waals surface area contributed by atoms with Crippen molar-refractivity contribution >= 4 is 23.6 Å². The van der Waals surface area contributed by atoms with Gasteiger partial charge < -0.3 is 23.8 Å². The van der Waals surface area contributed by atoms with Gasteiger partial charge in [0.1, 0.15) is 22.9 Å². The Labute approximate surface area is 165 Å². The van der Waals surface area contributed by atoms with Crippen LogP contribution in [0.3, 0.4) is 0 Å². The molecule has 28 heavy (non-hydrogen) atoms. The second-order valence-corrected chi connectivity index (χ2v) is 7.99. The van der Waals surface area contributed by atoms with Crippen LogP contribution in [0.2, 0.25) is 0 Å². The van der Waals surface area contributed by atoms with Crippen molar-refractivity contribution in [2.75, 3.05) is 14.2 Å². The molecule has 0 radical (unpaired) electrons. The van der Waals surface area contributed by atoms with Gasteiger partial charge in [-0.1, -0.05) is 12.1 Å². The van der Waals surface area contributed by atoms with Crippen LogP contribution in [-0.2, 0) is 9.31 Å². The molecule has 0 bridgehead atoms. The van der Waals surface area contributed by atoms with Crippen LogP contribution in [0.25, 0.3) is 22.4 Å². The van der Waals surface area contributed by atoms with Gasteiger partial charge >= 0.3 is 7.12 Å². The number of rotatable bonds is 4. The summed E-state index contributed by atoms with van der Waals surface area (Å²) in [5, 5.41) is 0. The molecule has 1 aromatic heterocycles. The number of benzene rings is 2. The van der Waals surface area contributed by atoms with Crippen LogP contribution < -0.4 is 14.9 Å². The first-order valence-corrected chi connectivity index (χ1v) is 9.32. The Hall–Kier alpha value is -2.51. The van der Waals surface area contributed by atoms with E-state index in [-0.39, 0.29) is 0 Å². The number of nitrogens with zero attached hydrogens (tertiary/aromatic N) is 1. The molecule has 1 aliphatic rings. The van der Waals surface area contributed by atoms with Crippen LogP contribution in [0.1, 0.15) is 27.7 Å². The maximum Gasteiger partial charge on any atom is 0.495 e. The van der Waals surface area contributed by atoms with E-state index in [0.29, 0.717) is 17.3 Å². The second kappa shape index (κ2) is 6.53. The Morgan fingerprint density at radius 2 is 1.50 bits per heavy atom. The van der Waals surface area contributed by atoms with E-state index in [0.717, 1.165) is 22.1 Å². The normalized spacial score (nSPS) is 17.9. The van der Waals surface area contributed by atoms with Gasteiger partial charge in [0.15, 0.2) is 0 Å². The Morgan fingerprint density at radius 3 is 2.04 bits per heavy atom. The molecule has 2 aromatic carbocycles. The summed E-state index contributed by atoms with van der Waals surface area (Å²) in [7, 11) is 2.77. The number of fused-ring (bicyclic) bond motifs is 1. The summed E-state index contributed by atoms with van der Waals surface area (Å²) in [5.74, 6) is 1.97. The summed E-state index contributed by atoms with van der Waals surface area (Å²) in [6.45, 7) is 8.13. The first kappa shape index (κ1) is 18.8. The standard InChI is InChI=1S/C21H25BN2O4/c1-20(2)21(3,4)28-22(27-20)13-11-16(25-5)18(17(12-13)26-6)19-23-14-9-7-8-10-15(14)24-19/h7-12H,1-6H3,(H,23,24). The van der Waals surface area contributed by atoms with E-state index in [1.165, 1.54) is 0 Å². The highest BCUT2D eigenvalue weighted by Crippen LogP contribution is 2.40. The summed E-state index contributed by atoms with van der Waals surface area (Å²) in [4.78, 5) is 8.04. The number of imidazole rings is 1. The fourth-order valence-electron chi connectivity index (χ4n) is 3.35. The highest BCUT2D eigenvalue weighted by atomic mass is 16.7. The van der Waals surface area contributed by atoms with Crippen LogP contribution in [-0.4, -0.2) is 42.5 Å². The summed E-state index contributed by atoms with van der Waals surface area (Å²) in [6.07, 6.45) is 0. The molecule has 3 aromatic rings. The summed E-state index contributed by atoms with van der Waals surface area (Å²) in [6, 6.07) is 11.7. The molecule has 1 saturated heterocycles. The quantitative estimate of drug-likeness (QED) is 0.702. The SMILES string of the molecule is COc1cc(B2OC(C)(C)C(C)(C)O2)cc(OC)c1-c1nc2ccccc2[nH]1. The van der Waals surface area contributed by atoms with E-state index in [4.69, 9.17) is 23.8 Å². The molecule has 6 nitrogen and oxygen atoms in total. The molecule has 1 N–H and O–H groups in total. The second-order valence-electron chi connectivity index (χ2n) is 7.99. The minimum atomic E-state index is -0.502. The minimum Gasteiger partial charge on any atom is -0.496 e. The van der Waals surface area contributed by atoms with Gasteiger partial charge in [0, 0.05) is 0 Å². The highest BCUT2D eigenvalue weighted by molar-refractivity contribution is 6.62. The number of ether oxygens (including phenoxy) is 2.